The van der Waals surface area contributed by atoms with Crippen LogP contribution in [0.25, 0.3) is 0 Å². The van der Waals surface area contributed by atoms with Crippen LogP contribution in [0.3, 0.4) is 0 Å². The van der Waals surface area contributed by atoms with Crippen LogP contribution in [0.2, 0.25) is 4.34 Å². The number of aliphatic hydroxyl groups excluding tert-OH is 1. The van der Waals surface area contributed by atoms with Gasteiger partial charge in [0.05, 0.1) is 6.10 Å². The van der Waals surface area contributed by atoms with Gasteiger partial charge in [-0.15, -0.1) is 11.3 Å². The first-order chi connectivity index (χ1) is 8.56. The molecule has 18 heavy (non-hydrogen) atoms. The third kappa shape index (κ3) is 1.88. The highest BCUT2D eigenvalue weighted by atomic mass is 79.9. The molecule has 2 aliphatic rings. The number of aliphatic hydroxyl groups is 1. The van der Waals surface area contributed by atoms with Gasteiger partial charge in [0.15, 0.2) is 0 Å². The number of halogens is 2. The fourth-order valence-electron chi connectivity index (χ4n) is 3.96. The molecule has 1 aromatic heterocycles. The molecule has 1 aromatic rings. The Labute approximate surface area is 125 Å². The van der Waals surface area contributed by atoms with Crippen molar-refractivity contribution in [3.63, 3.8) is 0 Å². The maximum absolute atomic E-state index is 10.8. The van der Waals surface area contributed by atoms with E-state index < -0.39 is 6.10 Å². The van der Waals surface area contributed by atoms with Gasteiger partial charge >= 0.3 is 0 Å². The zero-order chi connectivity index (χ0) is 12.9. The largest absolute Gasteiger partial charge is 0.387 e. The number of hydrogen-bond donors (Lipinski definition) is 2. The Bertz CT molecular complexity index is 446. The highest BCUT2D eigenvalue weighted by molar-refractivity contribution is 9.10. The zero-order valence-electron chi connectivity index (χ0n) is 10.0. The predicted molar refractivity (Wildman–Crippen MR) is 78.9 cm³/mol. The van der Waals surface area contributed by atoms with Crippen LogP contribution in [0.15, 0.2) is 10.5 Å². The Kier molecular flexibility index (Phi) is 3.52. The fraction of sp³-hybridized carbons (Fsp3) is 0.692. The molecule has 4 unspecified atom stereocenters. The highest BCUT2D eigenvalue weighted by Crippen LogP contribution is 2.61. The summed E-state index contributed by atoms with van der Waals surface area (Å²) in [5.41, 5.74) is 5.92. The number of fused-ring (bicyclic) bond motifs is 2. The minimum atomic E-state index is -0.466. The van der Waals surface area contributed by atoms with Crippen molar-refractivity contribution in [3.8, 4) is 0 Å². The molecule has 0 radical (unpaired) electrons. The molecule has 1 heterocycles. The second kappa shape index (κ2) is 4.74. The normalized spacial score (nSPS) is 36.2. The summed E-state index contributed by atoms with van der Waals surface area (Å²) >= 11 is 11.0. The Morgan fingerprint density at radius 3 is 2.83 bits per heavy atom. The van der Waals surface area contributed by atoms with Crippen molar-refractivity contribution < 1.29 is 5.11 Å². The van der Waals surface area contributed by atoms with E-state index >= 15 is 0 Å². The summed E-state index contributed by atoms with van der Waals surface area (Å²) < 4.78 is 1.58. The molecule has 0 amide bonds. The SMILES string of the molecule is NCC1(C(O)c2cc(Br)c(Cl)s2)CC2CCC1C2. The summed E-state index contributed by atoms with van der Waals surface area (Å²) in [4.78, 5) is 0.949. The van der Waals surface area contributed by atoms with Gasteiger partial charge in [0.25, 0.3) is 0 Å². The molecule has 2 fully saturated rings. The lowest BCUT2D eigenvalue weighted by molar-refractivity contribution is -0.0107. The lowest BCUT2D eigenvalue weighted by atomic mass is 9.69. The molecule has 5 heteroatoms. The maximum atomic E-state index is 10.8. The van der Waals surface area contributed by atoms with E-state index in [-0.39, 0.29) is 5.41 Å². The highest BCUT2D eigenvalue weighted by Gasteiger charge is 2.54. The predicted octanol–water partition coefficient (Wildman–Crippen LogP) is 3.96. The molecule has 4 atom stereocenters. The van der Waals surface area contributed by atoms with Crippen LogP contribution >= 0.6 is 38.9 Å². The average molecular weight is 351 g/mol. The molecule has 100 valence electrons. The average Bonchev–Trinajstić information content (AvgIpc) is 3.04. The topological polar surface area (TPSA) is 46.2 Å². The van der Waals surface area contributed by atoms with E-state index in [4.69, 9.17) is 17.3 Å². The number of nitrogens with two attached hydrogens (primary N) is 1. The first kappa shape index (κ1) is 13.4. The van der Waals surface area contributed by atoms with E-state index in [9.17, 15) is 5.11 Å². The molecule has 2 bridgehead atoms. The second-order valence-corrected chi connectivity index (χ2v) is 8.23. The maximum Gasteiger partial charge on any atom is 0.107 e. The minimum absolute atomic E-state index is 0.115. The molecule has 0 aromatic carbocycles. The summed E-state index contributed by atoms with van der Waals surface area (Å²) in [6.07, 6.45) is 4.39. The molecule has 2 nitrogen and oxygen atoms in total. The van der Waals surface area contributed by atoms with E-state index in [0.29, 0.717) is 16.8 Å². The van der Waals surface area contributed by atoms with Gasteiger partial charge in [-0.1, -0.05) is 18.0 Å². The summed E-state index contributed by atoms with van der Waals surface area (Å²) in [5, 5.41) is 10.8. The third-order valence-corrected chi connectivity index (χ3v) is 7.41. The molecule has 3 N–H and O–H groups in total. The van der Waals surface area contributed by atoms with Gasteiger partial charge in [-0.05, 0) is 53.1 Å². The molecule has 2 aliphatic carbocycles. The molecular formula is C13H17BrClNOS. The summed E-state index contributed by atoms with van der Waals surface area (Å²) in [7, 11) is 0. The van der Waals surface area contributed by atoms with Crippen LogP contribution in [-0.4, -0.2) is 11.7 Å². The van der Waals surface area contributed by atoms with Crippen molar-refractivity contribution in [2.24, 2.45) is 23.0 Å². The van der Waals surface area contributed by atoms with Gasteiger partial charge in [-0.25, -0.2) is 0 Å². The molecule has 2 saturated carbocycles. The molecule has 0 spiro atoms. The summed E-state index contributed by atoms with van der Waals surface area (Å²) in [5.74, 6) is 1.36. The van der Waals surface area contributed by atoms with Crippen LogP contribution < -0.4 is 5.73 Å². The van der Waals surface area contributed by atoms with Crippen LogP contribution in [0.5, 0.6) is 0 Å². The van der Waals surface area contributed by atoms with E-state index in [1.807, 2.05) is 6.07 Å². The molecular weight excluding hydrogens is 334 g/mol. The minimum Gasteiger partial charge on any atom is -0.387 e. The van der Waals surface area contributed by atoms with Crippen LogP contribution in [0.1, 0.15) is 36.7 Å². The smallest absolute Gasteiger partial charge is 0.107 e. The Morgan fingerprint density at radius 2 is 2.39 bits per heavy atom. The van der Waals surface area contributed by atoms with Gasteiger partial charge in [-0.2, -0.15) is 0 Å². The van der Waals surface area contributed by atoms with Crippen LogP contribution in [0, 0.1) is 17.3 Å². The van der Waals surface area contributed by atoms with Gasteiger partial charge in [0, 0.05) is 21.3 Å². The summed E-state index contributed by atoms with van der Waals surface area (Å²) in [6.45, 7) is 0.572. The number of rotatable bonds is 3. The lowest BCUT2D eigenvalue weighted by Crippen LogP contribution is -2.41. The van der Waals surface area contributed by atoms with Crippen molar-refractivity contribution in [1.82, 2.24) is 0 Å². The van der Waals surface area contributed by atoms with E-state index in [2.05, 4.69) is 15.9 Å². The summed E-state index contributed by atoms with van der Waals surface area (Å²) in [6, 6.07) is 1.95. The molecule has 0 aliphatic heterocycles. The van der Waals surface area contributed by atoms with Crippen molar-refractivity contribution in [2.75, 3.05) is 6.54 Å². The van der Waals surface area contributed by atoms with Gasteiger partial charge in [0.1, 0.15) is 4.34 Å². The quantitative estimate of drug-likeness (QED) is 0.866. The van der Waals surface area contributed by atoms with Crippen molar-refractivity contribution in [2.45, 2.75) is 31.8 Å². The van der Waals surface area contributed by atoms with E-state index in [1.54, 1.807) is 0 Å². The lowest BCUT2D eigenvalue weighted by Gasteiger charge is -2.40. The Morgan fingerprint density at radius 1 is 1.61 bits per heavy atom. The monoisotopic (exact) mass is 349 g/mol. The zero-order valence-corrected chi connectivity index (χ0v) is 13.2. The third-order valence-electron chi connectivity index (χ3n) is 4.88. The standard InChI is InChI=1S/C13H17BrClNOS/c14-9-4-10(18-12(9)15)11(17)13(6-16)5-7-1-2-8(13)3-7/h4,7-8,11,17H,1-3,5-6,16H2. The van der Waals surface area contributed by atoms with Crippen LogP contribution in [-0.2, 0) is 0 Å². The van der Waals surface area contributed by atoms with E-state index in [1.165, 1.54) is 30.6 Å². The van der Waals surface area contributed by atoms with Gasteiger partial charge < -0.3 is 10.8 Å². The fourth-order valence-corrected chi connectivity index (χ4v) is 5.81. The number of hydrogen-bond acceptors (Lipinski definition) is 3. The first-order valence-electron chi connectivity index (χ1n) is 6.39. The Hall–Kier alpha value is 0.390. The first-order valence-corrected chi connectivity index (χ1v) is 8.38. The molecule has 0 saturated heterocycles. The van der Waals surface area contributed by atoms with E-state index in [0.717, 1.165) is 21.7 Å². The van der Waals surface area contributed by atoms with Gasteiger partial charge in [0.2, 0.25) is 0 Å². The van der Waals surface area contributed by atoms with Crippen molar-refractivity contribution in [3.05, 3.63) is 19.8 Å². The van der Waals surface area contributed by atoms with Crippen molar-refractivity contribution in [1.29, 1.82) is 0 Å². The van der Waals surface area contributed by atoms with Gasteiger partial charge in [-0.3, -0.25) is 0 Å². The molecule has 3 rings (SSSR count). The second-order valence-electron chi connectivity index (χ2n) is 5.69. The van der Waals surface area contributed by atoms with Crippen molar-refractivity contribution >= 4 is 38.9 Å². The number of thiophene rings is 1. The Balaban J connectivity index is 1.92. The van der Waals surface area contributed by atoms with Crippen LogP contribution in [0.4, 0.5) is 0 Å².